The van der Waals surface area contributed by atoms with E-state index in [0.717, 1.165) is 0 Å². The Kier molecular flexibility index (Phi) is 3.29. The van der Waals surface area contributed by atoms with Gasteiger partial charge in [0, 0.05) is 16.4 Å². The molecule has 0 spiro atoms. The van der Waals surface area contributed by atoms with Gasteiger partial charge in [-0.2, -0.15) is 0 Å². The number of carbonyl (C=O) groups excluding carboxylic acids is 1. The van der Waals surface area contributed by atoms with E-state index in [4.69, 9.17) is 5.73 Å². The summed E-state index contributed by atoms with van der Waals surface area (Å²) in [6.07, 6.45) is 3.16. The lowest BCUT2D eigenvalue weighted by atomic mass is 10.2. The zero-order valence-electron chi connectivity index (χ0n) is 9.55. The van der Waals surface area contributed by atoms with Crippen LogP contribution in [0.3, 0.4) is 0 Å². The number of primary amides is 1. The molecule has 2 N–H and O–H groups in total. The SMILES string of the molecule is Cc1c(Br)cc(C(N)=O)c(=O)n1-c1cccnc1. The third-order valence-corrected chi connectivity index (χ3v) is 3.36. The minimum atomic E-state index is -0.752. The van der Waals surface area contributed by atoms with Crippen molar-refractivity contribution in [1.29, 1.82) is 0 Å². The van der Waals surface area contributed by atoms with Gasteiger partial charge in [0.05, 0.1) is 11.9 Å². The molecule has 6 heteroatoms. The lowest BCUT2D eigenvalue weighted by molar-refractivity contribution is 0.0998. The van der Waals surface area contributed by atoms with Crippen LogP contribution in [0.2, 0.25) is 0 Å². The Morgan fingerprint density at radius 1 is 1.50 bits per heavy atom. The second-order valence-corrected chi connectivity index (χ2v) is 4.56. The Morgan fingerprint density at radius 2 is 2.22 bits per heavy atom. The molecule has 0 radical (unpaired) electrons. The number of nitrogens with two attached hydrogens (primary N) is 1. The van der Waals surface area contributed by atoms with Crippen LogP contribution in [-0.2, 0) is 0 Å². The first-order valence-corrected chi connectivity index (χ1v) is 5.94. The molecule has 2 aromatic rings. The summed E-state index contributed by atoms with van der Waals surface area (Å²) in [7, 11) is 0. The summed E-state index contributed by atoms with van der Waals surface area (Å²) in [4.78, 5) is 27.4. The van der Waals surface area contributed by atoms with E-state index in [9.17, 15) is 9.59 Å². The van der Waals surface area contributed by atoms with Crippen molar-refractivity contribution < 1.29 is 4.79 Å². The molecule has 18 heavy (non-hydrogen) atoms. The van der Waals surface area contributed by atoms with E-state index in [-0.39, 0.29) is 5.56 Å². The van der Waals surface area contributed by atoms with Gasteiger partial charge in [-0.1, -0.05) is 0 Å². The van der Waals surface area contributed by atoms with E-state index in [2.05, 4.69) is 20.9 Å². The summed E-state index contributed by atoms with van der Waals surface area (Å²) in [6, 6.07) is 4.89. The van der Waals surface area contributed by atoms with Gasteiger partial charge in [0.1, 0.15) is 5.56 Å². The maximum Gasteiger partial charge on any atom is 0.268 e. The molecule has 0 bridgehead atoms. The van der Waals surface area contributed by atoms with Crippen molar-refractivity contribution in [2.24, 2.45) is 5.73 Å². The molecule has 0 aliphatic heterocycles. The molecule has 0 saturated heterocycles. The zero-order chi connectivity index (χ0) is 13.3. The van der Waals surface area contributed by atoms with Gasteiger partial charge in [0.25, 0.3) is 11.5 Å². The number of nitrogens with zero attached hydrogens (tertiary/aromatic N) is 2. The van der Waals surface area contributed by atoms with Gasteiger partial charge in [0.2, 0.25) is 0 Å². The summed E-state index contributed by atoms with van der Waals surface area (Å²) in [5, 5.41) is 0. The molecule has 0 unspecified atom stereocenters. The molecule has 0 aromatic carbocycles. The molecule has 5 nitrogen and oxygen atoms in total. The standard InChI is InChI=1S/C12H10BrN3O2/c1-7-10(13)5-9(11(14)17)12(18)16(7)8-3-2-4-15-6-8/h2-6H,1H3,(H2,14,17). The van der Waals surface area contributed by atoms with Gasteiger partial charge in [-0.15, -0.1) is 0 Å². The molecule has 0 aliphatic rings. The first-order chi connectivity index (χ1) is 8.52. The van der Waals surface area contributed by atoms with Crippen molar-refractivity contribution in [1.82, 2.24) is 9.55 Å². The predicted octanol–water partition coefficient (Wildman–Crippen LogP) is 1.40. The third kappa shape index (κ3) is 2.06. The van der Waals surface area contributed by atoms with Crippen LogP contribution in [-0.4, -0.2) is 15.5 Å². The van der Waals surface area contributed by atoms with Crippen LogP contribution in [0.1, 0.15) is 16.1 Å². The van der Waals surface area contributed by atoms with E-state index >= 15 is 0 Å². The minimum Gasteiger partial charge on any atom is -0.365 e. The van der Waals surface area contributed by atoms with Gasteiger partial charge in [-0.25, -0.2) is 0 Å². The van der Waals surface area contributed by atoms with Crippen LogP contribution >= 0.6 is 15.9 Å². The van der Waals surface area contributed by atoms with Crippen molar-refractivity contribution in [3.05, 3.63) is 56.7 Å². The second kappa shape index (κ2) is 4.73. The number of amides is 1. The molecule has 2 heterocycles. The average Bonchev–Trinajstić information content (AvgIpc) is 2.35. The average molecular weight is 308 g/mol. The molecular formula is C12H10BrN3O2. The van der Waals surface area contributed by atoms with Gasteiger partial charge >= 0.3 is 0 Å². The van der Waals surface area contributed by atoms with E-state index in [1.807, 2.05) is 0 Å². The number of aromatic nitrogens is 2. The lowest BCUT2D eigenvalue weighted by Gasteiger charge is -2.12. The topological polar surface area (TPSA) is 78.0 Å². The van der Waals surface area contributed by atoms with Crippen molar-refractivity contribution in [3.63, 3.8) is 0 Å². The number of hydrogen-bond donors (Lipinski definition) is 1. The molecule has 2 aromatic heterocycles. The Balaban J connectivity index is 2.82. The highest BCUT2D eigenvalue weighted by molar-refractivity contribution is 9.10. The quantitative estimate of drug-likeness (QED) is 0.911. The molecule has 0 atom stereocenters. The van der Waals surface area contributed by atoms with Crippen LogP contribution in [0, 0.1) is 6.92 Å². The van der Waals surface area contributed by atoms with E-state index in [1.165, 1.54) is 10.6 Å². The Labute approximate surface area is 111 Å². The van der Waals surface area contributed by atoms with Crippen LogP contribution in [0.5, 0.6) is 0 Å². The monoisotopic (exact) mass is 307 g/mol. The number of halogens is 1. The third-order valence-electron chi connectivity index (χ3n) is 2.56. The maximum absolute atomic E-state index is 12.2. The predicted molar refractivity (Wildman–Crippen MR) is 70.8 cm³/mol. The zero-order valence-corrected chi connectivity index (χ0v) is 11.1. The van der Waals surface area contributed by atoms with Crippen LogP contribution in [0.15, 0.2) is 39.9 Å². The molecule has 92 valence electrons. The van der Waals surface area contributed by atoms with E-state index in [0.29, 0.717) is 15.9 Å². The highest BCUT2D eigenvalue weighted by Gasteiger charge is 2.15. The van der Waals surface area contributed by atoms with Gasteiger partial charge in [-0.3, -0.25) is 19.1 Å². The molecule has 1 amide bonds. The minimum absolute atomic E-state index is 0.0590. The normalized spacial score (nSPS) is 10.3. The fourth-order valence-electron chi connectivity index (χ4n) is 1.65. The number of carbonyl (C=O) groups is 1. The number of pyridine rings is 2. The largest absolute Gasteiger partial charge is 0.365 e. The van der Waals surface area contributed by atoms with Crippen molar-refractivity contribution in [3.8, 4) is 5.69 Å². The summed E-state index contributed by atoms with van der Waals surface area (Å²) >= 11 is 3.31. The molecule has 0 saturated carbocycles. The number of hydrogen-bond acceptors (Lipinski definition) is 3. The van der Waals surface area contributed by atoms with E-state index in [1.54, 1.807) is 31.5 Å². The fourth-order valence-corrected chi connectivity index (χ4v) is 2.05. The Bertz CT molecular complexity index is 665. The van der Waals surface area contributed by atoms with Crippen LogP contribution < -0.4 is 11.3 Å². The first kappa shape index (κ1) is 12.5. The number of rotatable bonds is 2. The van der Waals surface area contributed by atoms with Gasteiger partial charge < -0.3 is 5.73 Å². The van der Waals surface area contributed by atoms with Crippen molar-refractivity contribution in [2.45, 2.75) is 6.92 Å². The first-order valence-electron chi connectivity index (χ1n) is 5.14. The lowest BCUT2D eigenvalue weighted by Crippen LogP contribution is -2.30. The van der Waals surface area contributed by atoms with Gasteiger partial charge in [0.15, 0.2) is 0 Å². The summed E-state index contributed by atoms with van der Waals surface area (Å²) in [5.74, 6) is -0.752. The molecule has 0 fully saturated rings. The highest BCUT2D eigenvalue weighted by atomic mass is 79.9. The summed E-state index contributed by atoms with van der Waals surface area (Å²) in [5.41, 5.74) is 5.95. The fraction of sp³-hybridized carbons (Fsp3) is 0.0833. The Hall–Kier alpha value is -1.95. The second-order valence-electron chi connectivity index (χ2n) is 3.71. The Morgan fingerprint density at radius 3 is 2.78 bits per heavy atom. The molecular weight excluding hydrogens is 298 g/mol. The van der Waals surface area contributed by atoms with Crippen molar-refractivity contribution in [2.75, 3.05) is 0 Å². The van der Waals surface area contributed by atoms with Crippen LogP contribution in [0.25, 0.3) is 5.69 Å². The highest BCUT2D eigenvalue weighted by Crippen LogP contribution is 2.18. The maximum atomic E-state index is 12.2. The van der Waals surface area contributed by atoms with Crippen molar-refractivity contribution >= 4 is 21.8 Å². The molecule has 2 rings (SSSR count). The molecule has 0 aliphatic carbocycles. The smallest absolute Gasteiger partial charge is 0.268 e. The summed E-state index contributed by atoms with van der Waals surface area (Å²) < 4.78 is 2.04. The van der Waals surface area contributed by atoms with E-state index < -0.39 is 11.5 Å². The summed E-state index contributed by atoms with van der Waals surface area (Å²) in [6.45, 7) is 1.77. The van der Waals surface area contributed by atoms with Crippen LogP contribution in [0.4, 0.5) is 0 Å². The van der Waals surface area contributed by atoms with Gasteiger partial charge in [-0.05, 0) is 41.1 Å².